The molecule has 8 rings (SSSR count). The largest absolute Gasteiger partial charge is 0.462 e. The van der Waals surface area contributed by atoms with Crippen molar-refractivity contribution in [3.05, 3.63) is 210 Å². The molecule has 0 spiro atoms. The average Bonchev–Trinajstić information content (AvgIpc) is 3.39. The van der Waals surface area contributed by atoms with E-state index in [1.54, 1.807) is 0 Å². The Morgan fingerprint density at radius 1 is 0.485 bits per heavy atom. The number of alkyl halides is 1. The molecule has 0 unspecified atom stereocenters. The first-order valence-electron chi connectivity index (χ1n) is 22.8. The molecular formula is C55H57BrO11S. The van der Waals surface area contributed by atoms with Gasteiger partial charge < -0.3 is 47.7 Å². The van der Waals surface area contributed by atoms with E-state index in [1.165, 1.54) is 11.8 Å². The number of carbonyl (C=O) groups excluding carboxylic acids is 1. The molecule has 0 saturated carbocycles. The van der Waals surface area contributed by atoms with Crippen LogP contribution in [0.2, 0.25) is 0 Å². The Balaban J connectivity index is 1.18. The van der Waals surface area contributed by atoms with E-state index in [4.69, 9.17) is 42.6 Å². The fraction of sp³-hybridized carbons (Fsp3) is 0.327. The van der Waals surface area contributed by atoms with Crippen molar-refractivity contribution in [3.8, 4) is 0 Å². The third-order valence-electron chi connectivity index (χ3n) is 11.5. The van der Waals surface area contributed by atoms with Gasteiger partial charge in [-0.2, -0.15) is 0 Å². The van der Waals surface area contributed by atoms with Gasteiger partial charge in [0.05, 0.1) is 39.6 Å². The second kappa shape index (κ2) is 26.3. The van der Waals surface area contributed by atoms with Gasteiger partial charge in [-0.1, -0.05) is 198 Å². The lowest BCUT2D eigenvalue weighted by Gasteiger charge is -2.49. The highest BCUT2D eigenvalue weighted by Crippen LogP contribution is 2.40. The molecule has 68 heavy (non-hydrogen) atoms. The Morgan fingerprint density at radius 2 is 0.912 bits per heavy atom. The van der Waals surface area contributed by atoms with Gasteiger partial charge in [0.25, 0.3) is 0 Å². The molecule has 2 heterocycles. The molecule has 0 aliphatic carbocycles. The van der Waals surface area contributed by atoms with Crippen LogP contribution in [-0.4, -0.2) is 90.2 Å². The predicted molar refractivity (Wildman–Crippen MR) is 261 cm³/mol. The Labute approximate surface area is 411 Å². The minimum absolute atomic E-state index is 0.00647. The second-order valence-corrected chi connectivity index (χ2v) is 18.2. The fourth-order valence-electron chi connectivity index (χ4n) is 8.08. The van der Waals surface area contributed by atoms with E-state index in [9.17, 15) is 9.90 Å². The molecule has 6 aromatic rings. The molecule has 6 aromatic carbocycles. The number of aliphatic hydroxyl groups is 1. The lowest BCUT2D eigenvalue weighted by atomic mass is 9.96. The van der Waals surface area contributed by atoms with E-state index >= 15 is 0 Å². The van der Waals surface area contributed by atoms with Crippen LogP contribution in [0.25, 0.3) is 0 Å². The smallest absolute Gasteiger partial charge is 0.316 e. The van der Waals surface area contributed by atoms with E-state index in [1.807, 2.05) is 182 Å². The molecule has 13 heteroatoms. The first kappa shape index (κ1) is 49.7. The van der Waals surface area contributed by atoms with Crippen LogP contribution in [0.3, 0.4) is 0 Å². The number of rotatable bonds is 23. The number of benzene rings is 6. The van der Waals surface area contributed by atoms with Crippen molar-refractivity contribution in [2.75, 3.05) is 18.5 Å². The molecular weight excluding hydrogens is 949 g/mol. The van der Waals surface area contributed by atoms with E-state index in [2.05, 4.69) is 15.9 Å². The topological polar surface area (TPSA) is 120 Å². The van der Waals surface area contributed by atoms with Crippen molar-refractivity contribution < 1.29 is 52.5 Å². The van der Waals surface area contributed by atoms with Gasteiger partial charge in [0.1, 0.15) is 66.2 Å². The lowest BCUT2D eigenvalue weighted by Crippen LogP contribution is -2.65. The first-order chi connectivity index (χ1) is 33.5. The highest BCUT2D eigenvalue weighted by atomic mass is 79.9. The zero-order valence-corrected chi connectivity index (χ0v) is 40.0. The van der Waals surface area contributed by atoms with Crippen LogP contribution in [-0.2, 0) is 80.5 Å². The van der Waals surface area contributed by atoms with Crippen molar-refractivity contribution >= 4 is 33.7 Å². The Kier molecular flexibility index (Phi) is 19.2. The molecule has 2 fully saturated rings. The van der Waals surface area contributed by atoms with Crippen molar-refractivity contribution in [2.45, 2.75) is 98.5 Å². The lowest BCUT2D eigenvalue weighted by molar-refractivity contribution is -0.355. The summed E-state index contributed by atoms with van der Waals surface area (Å²) in [5.74, 6) is -0.477. The van der Waals surface area contributed by atoms with Gasteiger partial charge in [-0.25, -0.2) is 0 Å². The molecule has 2 aliphatic heterocycles. The van der Waals surface area contributed by atoms with Gasteiger partial charge in [0.2, 0.25) is 0 Å². The number of hydrogen-bond donors (Lipinski definition) is 1. The standard InChI is InChI=1S/C55H57BrO11S/c56-31-47(57)60-38-46-49(51(62-34-41-23-11-3-12-24-41)53(64-36-43-27-15-5-16-28-43)55(66-46)68-44-29-17-6-18-30-44)67-54-52(63-35-42-25-13-4-14-26-42)50(61-33-40-21-9-2-10-22-40)48(58)45(65-54)37-59-32-39-19-7-1-8-20-39/h1-30,45-46,48-55,58H,31-38H2/t45-,46-,48-,49-,50+,51+,52-,53-,54-,55+/m1/s1. The number of esters is 1. The Bertz CT molecular complexity index is 2340. The number of hydrogen-bond acceptors (Lipinski definition) is 12. The quantitative estimate of drug-likeness (QED) is 0.0487. The maximum absolute atomic E-state index is 12.9. The summed E-state index contributed by atoms with van der Waals surface area (Å²) < 4.78 is 60.6. The zero-order valence-electron chi connectivity index (χ0n) is 37.6. The maximum Gasteiger partial charge on any atom is 0.316 e. The number of carbonyl (C=O) groups is 1. The number of thioether (sulfide) groups is 1. The van der Waals surface area contributed by atoms with E-state index < -0.39 is 66.5 Å². The molecule has 0 radical (unpaired) electrons. The number of ether oxygens (including phenoxy) is 9. The van der Waals surface area contributed by atoms with Crippen LogP contribution in [0, 0.1) is 0 Å². The summed E-state index contributed by atoms with van der Waals surface area (Å²) in [6, 6.07) is 59.0. The molecule has 11 nitrogen and oxygen atoms in total. The van der Waals surface area contributed by atoms with Gasteiger partial charge in [-0.15, -0.1) is 0 Å². The summed E-state index contributed by atoms with van der Waals surface area (Å²) in [6.45, 7) is 0.883. The normalized spacial score (nSPS) is 24.9. The average molecular weight is 1010 g/mol. The molecule has 1 N–H and O–H groups in total. The summed E-state index contributed by atoms with van der Waals surface area (Å²) in [4.78, 5) is 13.8. The molecule has 2 aliphatic rings. The van der Waals surface area contributed by atoms with Crippen molar-refractivity contribution in [1.29, 1.82) is 0 Å². The van der Waals surface area contributed by atoms with Crippen LogP contribution in [0.5, 0.6) is 0 Å². The van der Waals surface area contributed by atoms with Crippen LogP contribution in [0.4, 0.5) is 0 Å². The van der Waals surface area contributed by atoms with E-state index in [0.717, 1.165) is 32.7 Å². The minimum Gasteiger partial charge on any atom is -0.462 e. The highest BCUT2D eigenvalue weighted by Gasteiger charge is 2.54. The first-order valence-corrected chi connectivity index (χ1v) is 24.8. The van der Waals surface area contributed by atoms with Gasteiger partial charge in [0, 0.05) is 4.90 Å². The van der Waals surface area contributed by atoms with Crippen molar-refractivity contribution in [1.82, 2.24) is 0 Å². The maximum atomic E-state index is 12.9. The molecule has 2 saturated heterocycles. The summed E-state index contributed by atoms with van der Waals surface area (Å²) in [5.41, 5.74) is 4.01. The molecule has 0 aromatic heterocycles. The molecule has 0 amide bonds. The molecule has 356 valence electrons. The Morgan fingerprint density at radius 3 is 1.40 bits per heavy atom. The van der Waals surface area contributed by atoms with Gasteiger partial charge in [-0.05, 0) is 39.9 Å². The monoisotopic (exact) mass is 1000 g/mol. The number of aliphatic hydroxyl groups excluding tert-OH is 1. The van der Waals surface area contributed by atoms with Crippen molar-refractivity contribution in [2.24, 2.45) is 0 Å². The SMILES string of the molecule is O=C(CBr)OC[C@H]1O[C@@H](Sc2ccccc2)[C@H](OCc2ccccc2)[C@@H](OCc2ccccc2)[C@@H]1O[C@H]1O[C@H](COCc2ccccc2)[C@@H](O)[C@H](OCc2ccccc2)[C@H]1OCc1ccccc1. The number of halogens is 1. The zero-order chi connectivity index (χ0) is 46.8. The molecule has 0 bridgehead atoms. The fourth-order valence-corrected chi connectivity index (χ4v) is 9.39. The Hall–Kier alpha value is -4.74. The molecule has 10 atom stereocenters. The van der Waals surface area contributed by atoms with Crippen LogP contribution in [0.15, 0.2) is 187 Å². The third kappa shape index (κ3) is 14.4. The summed E-state index contributed by atoms with van der Waals surface area (Å²) in [7, 11) is 0. The van der Waals surface area contributed by atoms with Crippen LogP contribution < -0.4 is 0 Å². The van der Waals surface area contributed by atoms with E-state index in [0.29, 0.717) is 0 Å². The van der Waals surface area contributed by atoms with E-state index in [-0.39, 0.29) is 51.6 Å². The highest BCUT2D eigenvalue weighted by molar-refractivity contribution is 9.09. The third-order valence-corrected chi connectivity index (χ3v) is 13.2. The van der Waals surface area contributed by atoms with Gasteiger partial charge >= 0.3 is 5.97 Å². The van der Waals surface area contributed by atoms with Crippen LogP contribution >= 0.6 is 27.7 Å². The van der Waals surface area contributed by atoms with Gasteiger partial charge in [0.15, 0.2) is 6.29 Å². The summed E-state index contributed by atoms with van der Waals surface area (Å²) in [6.07, 6.45) is -8.79. The summed E-state index contributed by atoms with van der Waals surface area (Å²) in [5, 5.41) is 12.3. The predicted octanol–water partition coefficient (Wildman–Crippen LogP) is 9.47. The van der Waals surface area contributed by atoms with Crippen LogP contribution in [0.1, 0.15) is 27.8 Å². The van der Waals surface area contributed by atoms with Crippen molar-refractivity contribution in [3.63, 3.8) is 0 Å². The summed E-state index contributed by atoms with van der Waals surface area (Å²) >= 11 is 4.74. The minimum atomic E-state index is -1.20. The second-order valence-electron chi connectivity index (χ2n) is 16.5. The van der Waals surface area contributed by atoms with Gasteiger partial charge in [-0.3, -0.25) is 4.79 Å².